The van der Waals surface area contributed by atoms with E-state index in [1.165, 1.54) is 49.4 Å². The molecular weight excluding hydrogens is 321 g/mol. The summed E-state index contributed by atoms with van der Waals surface area (Å²) in [6.07, 6.45) is 0. The molecule has 5 nitrogen and oxygen atoms in total. The molecule has 0 aliphatic rings. The number of benzene rings is 2. The summed E-state index contributed by atoms with van der Waals surface area (Å²) in [7, 11) is -3.70. The van der Waals surface area contributed by atoms with Crippen LogP contribution in [0.15, 0.2) is 48.5 Å². The van der Waals surface area contributed by atoms with Crippen LogP contribution in [0.3, 0.4) is 0 Å². The van der Waals surface area contributed by atoms with E-state index in [2.05, 4.69) is 0 Å². The Morgan fingerprint density at radius 3 is 2.30 bits per heavy atom. The van der Waals surface area contributed by atoms with Crippen LogP contribution in [0.25, 0.3) is 0 Å². The summed E-state index contributed by atoms with van der Waals surface area (Å²) < 4.78 is 38.9. The molecule has 0 atom stereocenters. The van der Waals surface area contributed by atoms with Crippen LogP contribution in [0.1, 0.15) is 22.8 Å². The minimum Gasteiger partial charge on any atom is -0.478 e. The Bertz CT molecular complexity index is 803. The van der Waals surface area contributed by atoms with Crippen LogP contribution >= 0.6 is 0 Å². The fourth-order valence-electron chi connectivity index (χ4n) is 2.12. The number of carbonyl (C=O) groups is 1. The maximum Gasteiger partial charge on any atom is 0.337 e. The highest BCUT2D eigenvalue weighted by atomic mass is 32.2. The summed E-state index contributed by atoms with van der Waals surface area (Å²) in [6, 6.07) is 11.3. The molecule has 0 amide bonds. The molecule has 0 bridgehead atoms. The SMILES string of the molecule is CCS(=O)(=O)N(Cc1ccc(F)cc1)c1ccccc1C(=O)O. The number of nitrogens with zero attached hydrogens (tertiary/aromatic N) is 1. The highest BCUT2D eigenvalue weighted by Gasteiger charge is 2.25. The van der Waals surface area contributed by atoms with Gasteiger partial charge in [0.15, 0.2) is 0 Å². The lowest BCUT2D eigenvalue weighted by atomic mass is 10.1. The number of anilines is 1. The fraction of sp³-hybridized carbons (Fsp3) is 0.188. The number of sulfonamides is 1. The van der Waals surface area contributed by atoms with Gasteiger partial charge >= 0.3 is 5.97 Å². The molecule has 0 heterocycles. The van der Waals surface area contributed by atoms with Crippen molar-refractivity contribution in [2.75, 3.05) is 10.1 Å². The van der Waals surface area contributed by atoms with Gasteiger partial charge in [0.25, 0.3) is 0 Å². The van der Waals surface area contributed by atoms with E-state index in [1.54, 1.807) is 6.07 Å². The molecule has 0 aromatic heterocycles. The average Bonchev–Trinajstić information content (AvgIpc) is 2.54. The third-order valence-corrected chi connectivity index (χ3v) is 5.07. The van der Waals surface area contributed by atoms with E-state index in [9.17, 15) is 22.7 Å². The zero-order valence-corrected chi connectivity index (χ0v) is 13.3. The summed E-state index contributed by atoms with van der Waals surface area (Å²) in [6.45, 7) is 1.41. The maximum absolute atomic E-state index is 13.0. The summed E-state index contributed by atoms with van der Waals surface area (Å²) in [5, 5.41) is 9.28. The summed E-state index contributed by atoms with van der Waals surface area (Å²) >= 11 is 0. The van der Waals surface area contributed by atoms with Crippen molar-refractivity contribution < 1.29 is 22.7 Å². The first-order valence-corrected chi connectivity index (χ1v) is 8.53. The van der Waals surface area contributed by atoms with Gasteiger partial charge in [0.1, 0.15) is 5.82 Å². The van der Waals surface area contributed by atoms with E-state index >= 15 is 0 Å². The Morgan fingerprint density at radius 2 is 1.74 bits per heavy atom. The number of carboxylic acid groups (broad SMARTS) is 1. The maximum atomic E-state index is 13.0. The Labute approximate surface area is 134 Å². The third kappa shape index (κ3) is 3.87. The van der Waals surface area contributed by atoms with Crippen molar-refractivity contribution in [3.05, 3.63) is 65.5 Å². The van der Waals surface area contributed by atoms with Gasteiger partial charge in [0, 0.05) is 0 Å². The number of aromatic carboxylic acids is 1. The second-order valence-electron chi connectivity index (χ2n) is 4.86. The van der Waals surface area contributed by atoms with Gasteiger partial charge in [0.05, 0.1) is 23.5 Å². The van der Waals surface area contributed by atoms with Crippen molar-refractivity contribution in [2.45, 2.75) is 13.5 Å². The van der Waals surface area contributed by atoms with E-state index in [1.807, 2.05) is 0 Å². The predicted octanol–water partition coefficient (Wildman–Crippen LogP) is 2.88. The smallest absolute Gasteiger partial charge is 0.337 e. The van der Waals surface area contributed by atoms with Crippen LogP contribution < -0.4 is 4.31 Å². The number of hydrogen-bond acceptors (Lipinski definition) is 3. The summed E-state index contributed by atoms with van der Waals surface area (Å²) in [5.74, 6) is -1.82. The average molecular weight is 337 g/mol. The van der Waals surface area contributed by atoms with Crippen LogP contribution in [0, 0.1) is 5.82 Å². The summed E-state index contributed by atoms with van der Waals surface area (Å²) in [5.41, 5.74) is 0.543. The van der Waals surface area contributed by atoms with Crippen molar-refractivity contribution in [3.63, 3.8) is 0 Å². The molecule has 7 heteroatoms. The largest absolute Gasteiger partial charge is 0.478 e. The van der Waals surface area contributed by atoms with E-state index in [0.29, 0.717) is 5.56 Å². The number of carboxylic acids is 1. The van der Waals surface area contributed by atoms with E-state index < -0.39 is 21.8 Å². The molecule has 23 heavy (non-hydrogen) atoms. The molecular formula is C16H16FNO4S. The number of para-hydroxylation sites is 1. The molecule has 0 saturated carbocycles. The van der Waals surface area contributed by atoms with Crippen LogP contribution in [0.4, 0.5) is 10.1 Å². The molecule has 0 aliphatic carbocycles. The van der Waals surface area contributed by atoms with Gasteiger partial charge in [-0.3, -0.25) is 4.31 Å². The lowest BCUT2D eigenvalue weighted by Crippen LogP contribution is -2.33. The van der Waals surface area contributed by atoms with Gasteiger partial charge in [-0.05, 0) is 36.8 Å². The van der Waals surface area contributed by atoms with Gasteiger partial charge in [0.2, 0.25) is 10.0 Å². The molecule has 0 fully saturated rings. The van der Waals surface area contributed by atoms with Crippen LogP contribution in [0.2, 0.25) is 0 Å². The second-order valence-corrected chi connectivity index (χ2v) is 7.04. The zero-order chi connectivity index (χ0) is 17.0. The van der Waals surface area contributed by atoms with Gasteiger partial charge < -0.3 is 5.11 Å². The molecule has 2 rings (SSSR count). The lowest BCUT2D eigenvalue weighted by molar-refractivity contribution is 0.0697. The summed E-state index contributed by atoms with van der Waals surface area (Å²) in [4.78, 5) is 11.4. The molecule has 1 N–H and O–H groups in total. The monoisotopic (exact) mass is 337 g/mol. The highest BCUT2D eigenvalue weighted by molar-refractivity contribution is 7.92. The fourth-order valence-corrected chi connectivity index (χ4v) is 3.23. The van der Waals surface area contributed by atoms with Gasteiger partial charge in [-0.15, -0.1) is 0 Å². The Balaban J connectivity index is 2.52. The first-order valence-electron chi connectivity index (χ1n) is 6.92. The Kier molecular flexibility index (Phi) is 5.00. The van der Waals surface area contributed by atoms with E-state index in [0.717, 1.165) is 4.31 Å². The van der Waals surface area contributed by atoms with E-state index in [4.69, 9.17) is 0 Å². The minimum absolute atomic E-state index is 0.0687. The molecule has 2 aromatic carbocycles. The molecule has 2 aromatic rings. The number of rotatable bonds is 6. The van der Waals surface area contributed by atoms with Crippen molar-refractivity contribution in [2.24, 2.45) is 0 Å². The quantitative estimate of drug-likeness (QED) is 0.879. The van der Waals surface area contributed by atoms with Crippen molar-refractivity contribution in [1.82, 2.24) is 0 Å². The number of hydrogen-bond donors (Lipinski definition) is 1. The molecule has 122 valence electrons. The van der Waals surface area contributed by atoms with Gasteiger partial charge in [-0.1, -0.05) is 24.3 Å². The lowest BCUT2D eigenvalue weighted by Gasteiger charge is -2.25. The topological polar surface area (TPSA) is 74.7 Å². The molecule has 0 radical (unpaired) electrons. The molecule has 0 unspecified atom stereocenters. The van der Waals surface area contributed by atoms with Gasteiger partial charge in [-0.25, -0.2) is 17.6 Å². The normalized spacial score (nSPS) is 11.2. The zero-order valence-electron chi connectivity index (χ0n) is 12.4. The van der Waals surface area contributed by atoms with Crippen molar-refractivity contribution in [1.29, 1.82) is 0 Å². The minimum atomic E-state index is -3.70. The standard InChI is InChI=1S/C16H16FNO4S/c1-2-23(21,22)18(11-12-7-9-13(17)10-8-12)15-6-4-3-5-14(15)16(19)20/h3-10H,2,11H2,1H3,(H,19,20). The molecule has 0 spiro atoms. The van der Waals surface area contributed by atoms with Crippen molar-refractivity contribution in [3.8, 4) is 0 Å². The highest BCUT2D eigenvalue weighted by Crippen LogP contribution is 2.26. The van der Waals surface area contributed by atoms with Crippen LogP contribution in [-0.4, -0.2) is 25.2 Å². The van der Waals surface area contributed by atoms with E-state index in [-0.39, 0.29) is 23.5 Å². The van der Waals surface area contributed by atoms with Crippen LogP contribution in [-0.2, 0) is 16.6 Å². The van der Waals surface area contributed by atoms with Gasteiger partial charge in [-0.2, -0.15) is 0 Å². The second kappa shape index (κ2) is 6.78. The first kappa shape index (κ1) is 17.0. The Hall–Kier alpha value is -2.41. The molecule has 0 saturated heterocycles. The Morgan fingerprint density at radius 1 is 1.13 bits per heavy atom. The third-order valence-electron chi connectivity index (χ3n) is 3.34. The molecule has 0 aliphatic heterocycles. The number of halogens is 1. The first-order chi connectivity index (χ1) is 10.8. The predicted molar refractivity (Wildman–Crippen MR) is 85.4 cm³/mol. The van der Waals surface area contributed by atoms with Crippen molar-refractivity contribution >= 4 is 21.7 Å². The van der Waals surface area contributed by atoms with Crippen LogP contribution in [0.5, 0.6) is 0 Å².